The lowest BCUT2D eigenvalue weighted by atomic mass is 10.1. The molecule has 0 amide bonds. The highest BCUT2D eigenvalue weighted by Gasteiger charge is 2.29. The lowest BCUT2D eigenvalue weighted by molar-refractivity contribution is -0.144. The van der Waals surface area contributed by atoms with E-state index in [0.29, 0.717) is 51.9 Å². The summed E-state index contributed by atoms with van der Waals surface area (Å²) in [6.07, 6.45) is 4.35. The van der Waals surface area contributed by atoms with E-state index in [1.54, 1.807) is 32.2 Å². The summed E-state index contributed by atoms with van der Waals surface area (Å²) in [7, 11) is 1.32. The molecule has 0 atom stereocenters. The van der Waals surface area contributed by atoms with Crippen LogP contribution in [0, 0.1) is 0 Å². The SMILES string of the molecule is CCc1cc(=O)n2cc(NC(C)(C)C(=O)O)cc(Cl)c2n1.CCc1cc(=O)n2cc(NC(C)(C)C(=O)OC)cc(Cl)c2n1. The van der Waals surface area contributed by atoms with Crippen molar-refractivity contribution in [3.63, 3.8) is 0 Å². The van der Waals surface area contributed by atoms with Crippen LogP contribution in [0.3, 0.4) is 0 Å². The summed E-state index contributed by atoms with van der Waals surface area (Å²) >= 11 is 12.4. The molecule has 0 fully saturated rings. The van der Waals surface area contributed by atoms with E-state index in [2.05, 4.69) is 20.6 Å². The molecular weight excluding hydrogens is 599 g/mol. The summed E-state index contributed by atoms with van der Waals surface area (Å²) in [4.78, 5) is 55.8. The van der Waals surface area contributed by atoms with Crippen molar-refractivity contribution in [2.75, 3.05) is 17.7 Å². The second kappa shape index (κ2) is 13.0. The third kappa shape index (κ3) is 7.63. The number of hydrogen-bond donors (Lipinski definition) is 3. The number of rotatable bonds is 8. The number of esters is 1. The van der Waals surface area contributed by atoms with Gasteiger partial charge >= 0.3 is 11.9 Å². The van der Waals surface area contributed by atoms with Gasteiger partial charge in [-0.1, -0.05) is 37.0 Å². The van der Waals surface area contributed by atoms with Gasteiger partial charge in [0.25, 0.3) is 11.1 Å². The normalized spacial score (nSPS) is 11.6. The summed E-state index contributed by atoms with van der Waals surface area (Å²) in [5, 5.41) is 15.6. The molecule has 3 N–H and O–H groups in total. The van der Waals surface area contributed by atoms with Gasteiger partial charge in [-0.2, -0.15) is 0 Å². The first-order chi connectivity index (χ1) is 20.0. The Bertz CT molecular complexity index is 1820. The van der Waals surface area contributed by atoms with E-state index < -0.39 is 23.0 Å². The highest BCUT2D eigenvalue weighted by atomic mass is 35.5. The molecule has 43 heavy (non-hydrogen) atoms. The first kappa shape index (κ1) is 33.3. The van der Waals surface area contributed by atoms with Gasteiger partial charge < -0.3 is 20.5 Å². The minimum atomic E-state index is -1.18. The fraction of sp³-hybridized carbons (Fsp3) is 0.379. The predicted octanol–water partition coefficient (Wildman–Crippen LogP) is 4.46. The van der Waals surface area contributed by atoms with Crippen LogP contribution in [0.4, 0.5) is 11.4 Å². The average molecular weight is 634 g/mol. The lowest BCUT2D eigenvalue weighted by Gasteiger charge is -2.24. The number of methoxy groups -OCH3 is 1. The molecule has 0 aromatic carbocycles. The zero-order valence-corrected chi connectivity index (χ0v) is 26.4. The second-order valence-corrected chi connectivity index (χ2v) is 11.5. The highest BCUT2D eigenvalue weighted by Crippen LogP contribution is 2.24. The number of ether oxygens (including phenoxy) is 1. The maximum Gasteiger partial charge on any atom is 0.330 e. The van der Waals surface area contributed by atoms with Crippen molar-refractivity contribution in [3.05, 3.63) is 78.8 Å². The molecule has 230 valence electrons. The average Bonchev–Trinajstić information content (AvgIpc) is 2.93. The van der Waals surface area contributed by atoms with Crippen LogP contribution in [-0.4, -0.2) is 54.0 Å². The molecule has 4 rings (SSSR count). The number of nitrogens with zero attached hydrogens (tertiary/aromatic N) is 4. The summed E-state index contributed by atoms with van der Waals surface area (Å²) in [5.74, 6) is -1.43. The minimum Gasteiger partial charge on any atom is -0.480 e. The molecule has 0 unspecified atom stereocenters. The molecule has 4 heterocycles. The molecule has 14 heteroatoms. The zero-order chi connectivity index (χ0) is 32.3. The summed E-state index contributed by atoms with van der Waals surface area (Å²) in [5.41, 5.74) is 0.458. The van der Waals surface area contributed by atoms with Crippen molar-refractivity contribution in [2.45, 2.75) is 65.5 Å². The summed E-state index contributed by atoms with van der Waals surface area (Å²) < 4.78 is 7.41. The topological polar surface area (TPSA) is 156 Å². The smallest absolute Gasteiger partial charge is 0.330 e. The maximum absolute atomic E-state index is 12.2. The van der Waals surface area contributed by atoms with Crippen LogP contribution in [0.2, 0.25) is 10.0 Å². The molecule has 0 radical (unpaired) electrons. The number of nitrogens with one attached hydrogen (secondary N) is 2. The number of carboxylic acids is 1. The zero-order valence-electron chi connectivity index (χ0n) is 24.9. The highest BCUT2D eigenvalue weighted by molar-refractivity contribution is 6.34. The van der Waals surface area contributed by atoms with Crippen LogP contribution in [0.1, 0.15) is 52.9 Å². The number of carbonyl (C=O) groups excluding carboxylic acids is 1. The Balaban J connectivity index is 0.000000236. The Hall–Kier alpha value is -4.16. The van der Waals surface area contributed by atoms with Crippen molar-refractivity contribution in [1.29, 1.82) is 0 Å². The van der Waals surface area contributed by atoms with Crippen LogP contribution in [-0.2, 0) is 27.2 Å². The predicted molar refractivity (Wildman–Crippen MR) is 167 cm³/mol. The van der Waals surface area contributed by atoms with Gasteiger partial charge in [0.15, 0.2) is 11.3 Å². The lowest BCUT2D eigenvalue weighted by Crippen LogP contribution is -2.41. The first-order valence-electron chi connectivity index (χ1n) is 13.3. The van der Waals surface area contributed by atoms with E-state index in [-0.39, 0.29) is 16.1 Å². The molecule has 0 aliphatic carbocycles. The summed E-state index contributed by atoms with van der Waals surface area (Å²) in [6.45, 7) is 10.2. The number of aryl methyl sites for hydroxylation is 2. The van der Waals surface area contributed by atoms with Gasteiger partial charge in [0.05, 0.1) is 28.5 Å². The number of carboxylic acid groups (broad SMARTS) is 1. The second-order valence-electron chi connectivity index (χ2n) is 10.7. The van der Waals surface area contributed by atoms with Crippen LogP contribution in [0.25, 0.3) is 11.3 Å². The van der Waals surface area contributed by atoms with Gasteiger partial charge in [-0.25, -0.2) is 19.6 Å². The van der Waals surface area contributed by atoms with Gasteiger partial charge in [-0.15, -0.1) is 0 Å². The number of aliphatic carboxylic acids is 1. The fourth-order valence-electron chi connectivity index (χ4n) is 4.00. The van der Waals surface area contributed by atoms with Crippen molar-refractivity contribution in [3.8, 4) is 0 Å². The number of hydrogen-bond acceptors (Lipinski definition) is 9. The molecule has 4 aromatic rings. The van der Waals surface area contributed by atoms with E-state index in [1.165, 1.54) is 48.1 Å². The number of fused-ring (bicyclic) bond motifs is 2. The quantitative estimate of drug-likeness (QED) is 0.237. The van der Waals surface area contributed by atoms with E-state index in [9.17, 15) is 19.2 Å². The van der Waals surface area contributed by atoms with Gasteiger partial charge in [0.1, 0.15) is 11.1 Å². The Morgan fingerprint density at radius 2 is 1.21 bits per heavy atom. The maximum atomic E-state index is 12.2. The minimum absolute atomic E-state index is 0.219. The van der Waals surface area contributed by atoms with E-state index in [4.69, 9.17) is 33.0 Å². The molecule has 0 spiro atoms. The van der Waals surface area contributed by atoms with Gasteiger partial charge in [0, 0.05) is 35.9 Å². The van der Waals surface area contributed by atoms with E-state index >= 15 is 0 Å². The van der Waals surface area contributed by atoms with Gasteiger partial charge in [0.2, 0.25) is 0 Å². The standard InChI is InChI=1S/C15H18ClN3O3.C14H16ClN3O3/c1-5-9-7-12(20)19-8-10(6-11(16)13(19)17-9)18-15(2,3)14(21)22-4;1-4-8-6-11(19)18-7-9(5-10(15)12(18)16-8)17-14(2,3)13(20)21/h6-8,18H,5H2,1-4H3;5-7,17H,4H2,1-3H3,(H,20,21). The Morgan fingerprint density at radius 3 is 1.56 bits per heavy atom. The first-order valence-corrected chi connectivity index (χ1v) is 14.1. The largest absolute Gasteiger partial charge is 0.480 e. The van der Waals surface area contributed by atoms with Crippen molar-refractivity contribution < 1.29 is 19.4 Å². The van der Waals surface area contributed by atoms with Gasteiger partial charge in [-0.05, 0) is 52.7 Å². The third-order valence-corrected chi connectivity index (χ3v) is 6.96. The van der Waals surface area contributed by atoms with Crippen LogP contribution in [0.5, 0.6) is 0 Å². The van der Waals surface area contributed by atoms with E-state index in [0.717, 1.165) is 0 Å². The number of aromatic nitrogens is 4. The van der Waals surface area contributed by atoms with Gasteiger partial charge in [-0.3, -0.25) is 18.4 Å². The molecule has 0 bridgehead atoms. The molecule has 0 aliphatic rings. The van der Waals surface area contributed by atoms with Crippen molar-refractivity contribution in [1.82, 2.24) is 18.8 Å². The Labute approximate surface area is 257 Å². The van der Waals surface area contributed by atoms with E-state index in [1.807, 2.05) is 13.8 Å². The van der Waals surface area contributed by atoms with Crippen molar-refractivity contribution in [2.24, 2.45) is 0 Å². The van der Waals surface area contributed by atoms with Crippen molar-refractivity contribution >= 4 is 57.8 Å². The number of anilines is 2. The van der Waals surface area contributed by atoms with Crippen LogP contribution in [0.15, 0.2) is 46.2 Å². The Morgan fingerprint density at radius 1 is 0.814 bits per heavy atom. The molecule has 4 aromatic heterocycles. The number of carbonyl (C=O) groups is 2. The molecular formula is C29H34Cl2N6O6. The monoisotopic (exact) mass is 632 g/mol. The summed E-state index contributed by atoms with van der Waals surface area (Å²) in [6, 6.07) is 6.11. The fourth-order valence-corrected chi connectivity index (χ4v) is 4.50. The number of halogens is 2. The van der Waals surface area contributed by atoms with Crippen LogP contribution >= 0.6 is 23.2 Å². The molecule has 12 nitrogen and oxygen atoms in total. The molecule has 0 saturated heterocycles. The Kier molecular flexibility index (Phi) is 10.1. The third-order valence-electron chi connectivity index (χ3n) is 6.41. The molecule has 0 saturated carbocycles. The van der Waals surface area contributed by atoms with Crippen LogP contribution < -0.4 is 21.8 Å². The molecule has 0 aliphatic heterocycles. The number of pyridine rings is 2.